The van der Waals surface area contributed by atoms with E-state index in [-0.39, 0.29) is 0 Å². The van der Waals surface area contributed by atoms with Crippen molar-refractivity contribution in [2.45, 2.75) is 44.1 Å². The molecule has 2 atom stereocenters. The lowest BCUT2D eigenvalue weighted by Gasteiger charge is -2.08. The van der Waals surface area contributed by atoms with Gasteiger partial charge in [-0.3, -0.25) is 0 Å². The summed E-state index contributed by atoms with van der Waals surface area (Å²) in [6.45, 7) is 3.00. The van der Waals surface area contributed by atoms with E-state index >= 15 is 0 Å². The van der Waals surface area contributed by atoms with E-state index in [9.17, 15) is 0 Å². The van der Waals surface area contributed by atoms with Gasteiger partial charge in [-0.15, -0.1) is 11.6 Å². The quantitative estimate of drug-likeness (QED) is 0.580. The van der Waals surface area contributed by atoms with Crippen molar-refractivity contribution >= 4 is 11.6 Å². The number of hydrogen-bond acceptors (Lipinski definition) is 1. The highest BCUT2D eigenvalue weighted by Crippen LogP contribution is 2.18. The Hall–Kier alpha value is 0.250. The van der Waals surface area contributed by atoms with Gasteiger partial charge in [-0.05, 0) is 32.6 Å². The van der Waals surface area contributed by atoms with E-state index in [1.165, 1.54) is 12.8 Å². The smallest absolute Gasteiger partial charge is 0.0576 e. The van der Waals surface area contributed by atoms with Gasteiger partial charge in [-0.2, -0.15) is 0 Å². The van der Waals surface area contributed by atoms with Crippen LogP contribution in [0.2, 0.25) is 0 Å². The van der Waals surface area contributed by atoms with Crippen molar-refractivity contribution in [1.82, 2.24) is 0 Å². The van der Waals surface area contributed by atoms with E-state index < -0.39 is 0 Å². The molecule has 2 heteroatoms. The number of ether oxygens (including phenoxy) is 1. The molecule has 0 aromatic heterocycles. The largest absolute Gasteiger partial charge is 0.378 e. The molecule has 0 amide bonds. The van der Waals surface area contributed by atoms with Gasteiger partial charge in [0.2, 0.25) is 0 Å². The Morgan fingerprint density at radius 2 is 2.50 bits per heavy atom. The molecule has 60 valence electrons. The fraction of sp³-hybridized carbons (Fsp3) is 1.00. The molecule has 0 saturated carbocycles. The van der Waals surface area contributed by atoms with Gasteiger partial charge in [0.05, 0.1) is 6.10 Å². The fourth-order valence-electron chi connectivity index (χ4n) is 1.29. The van der Waals surface area contributed by atoms with E-state index in [2.05, 4.69) is 0 Å². The maximum Gasteiger partial charge on any atom is 0.0576 e. The van der Waals surface area contributed by atoms with Gasteiger partial charge in [-0.1, -0.05) is 0 Å². The van der Waals surface area contributed by atoms with Gasteiger partial charge < -0.3 is 4.74 Å². The van der Waals surface area contributed by atoms with Crippen LogP contribution in [0, 0.1) is 0 Å². The molecule has 1 heterocycles. The Morgan fingerprint density at radius 3 is 3.00 bits per heavy atom. The first kappa shape index (κ1) is 8.35. The lowest BCUT2D eigenvalue weighted by Crippen LogP contribution is -2.06. The van der Waals surface area contributed by atoms with Gasteiger partial charge in [0, 0.05) is 12.0 Å². The molecule has 2 unspecified atom stereocenters. The SMILES string of the molecule is CC(Cl)CCC1CCCO1. The lowest BCUT2D eigenvalue weighted by molar-refractivity contribution is 0.102. The van der Waals surface area contributed by atoms with Crippen LogP contribution in [0.4, 0.5) is 0 Å². The van der Waals surface area contributed by atoms with Crippen molar-refractivity contribution in [1.29, 1.82) is 0 Å². The average Bonchev–Trinajstić information content (AvgIpc) is 2.34. The highest BCUT2D eigenvalue weighted by atomic mass is 35.5. The Bertz CT molecular complexity index is 87.3. The van der Waals surface area contributed by atoms with Crippen molar-refractivity contribution in [2.24, 2.45) is 0 Å². The average molecular weight is 163 g/mol. The minimum atomic E-state index is 0.309. The molecule has 1 saturated heterocycles. The molecule has 1 nitrogen and oxygen atoms in total. The lowest BCUT2D eigenvalue weighted by atomic mass is 10.1. The predicted octanol–water partition coefficient (Wildman–Crippen LogP) is 2.57. The standard InChI is InChI=1S/C8H15ClO/c1-7(9)4-5-8-3-2-6-10-8/h7-8H,2-6H2,1H3. The summed E-state index contributed by atoms with van der Waals surface area (Å²) >= 11 is 5.80. The van der Waals surface area contributed by atoms with Crippen molar-refractivity contribution in [3.05, 3.63) is 0 Å². The van der Waals surface area contributed by atoms with Crippen LogP contribution in [0.1, 0.15) is 32.6 Å². The van der Waals surface area contributed by atoms with Crippen molar-refractivity contribution in [3.63, 3.8) is 0 Å². The molecule has 1 rings (SSSR count). The first-order valence-electron chi connectivity index (χ1n) is 4.04. The van der Waals surface area contributed by atoms with E-state index in [4.69, 9.17) is 16.3 Å². The molecular formula is C8H15ClO. The van der Waals surface area contributed by atoms with Crippen LogP contribution >= 0.6 is 11.6 Å². The molecule has 1 aliphatic heterocycles. The number of alkyl halides is 1. The molecule has 0 aliphatic carbocycles. The normalized spacial score (nSPS) is 28.8. The molecule has 1 fully saturated rings. The first-order chi connectivity index (χ1) is 4.79. The Morgan fingerprint density at radius 1 is 1.70 bits per heavy atom. The molecule has 0 radical (unpaired) electrons. The zero-order chi connectivity index (χ0) is 7.40. The summed E-state index contributed by atoms with van der Waals surface area (Å²) in [5.74, 6) is 0. The van der Waals surface area contributed by atoms with Gasteiger partial charge in [0.25, 0.3) is 0 Å². The van der Waals surface area contributed by atoms with Crippen molar-refractivity contribution in [3.8, 4) is 0 Å². The zero-order valence-electron chi connectivity index (χ0n) is 6.48. The van der Waals surface area contributed by atoms with Gasteiger partial charge in [0.15, 0.2) is 0 Å². The van der Waals surface area contributed by atoms with Crippen LogP contribution in [0.5, 0.6) is 0 Å². The van der Waals surface area contributed by atoms with Gasteiger partial charge in [0.1, 0.15) is 0 Å². The molecule has 0 aromatic rings. The summed E-state index contributed by atoms with van der Waals surface area (Å²) in [4.78, 5) is 0. The maximum atomic E-state index is 5.80. The van der Waals surface area contributed by atoms with E-state index in [1.54, 1.807) is 0 Å². The third-order valence-corrected chi connectivity index (χ3v) is 2.13. The molecule has 0 aromatic carbocycles. The number of halogens is 1. The van der Waals surface area contributed by atoms with E-state index in [1.807, 2.05) is 6.92 Å². The summed E-state index contributed by atoms with van der Waals surface area (Å²) < 4.78 is 5.44. The highest BCUT2D eigenvalue weighted by Gasteiger charge is 2.15. The van der Waals surface area contributed by atoms with Crippen LogP contribution in [0.15, 0.2) is 0 Å². The summed E-state index contributed by atoms with van der Waals surface area (Å²) in [5, 5.41) is 0.309. The third kappa shape index (κ3) is 2.89. The fourth-order valence-corrected chi connectivity index (χ4v) is 1.41. The first-order valence-corrected chi connectivity index (χ1v) is 4.48. The summed E-state index contributed by atoms with van der Waals surface area (Å²) in [6.07, 6.45) is 5.23. The van der Waals surface area contributed by atoms with E-state index in [0.717, 1.165) is 19.4 Å². The Kier molecular flexibility index (Phi) is 3.50. The second-order valence-corrected chi connectivity index (χ2v) is 3.74. The van der Waals surface area contributed by atoms with Crippen LogP contribution in [-0.4, -0.2) is 18.1 Å². The van der Waals surface area contributed by atoms with Gasteiger partial charge in [-0.25, -0.2) is 0 Å². The van der Waals surface area contributed by atoms with Crippen molar-refractivity contribution < 1.29 is 4.74 Å². The monoisotopic (exact) mass is 162 g/mol. The Balaban J connectivity index is 2.01. The highest BCUT2D eigenvalue weighted by molar-refractivity contribution is 6.20. The van der Waals surface area contributed by atoms with Crippen molar-refractivity contribution in [2.75, 3.05) is 6.61 Å². The Labute approximate surface area is 67.7 Å². The summed E-state index contributed by atoms with van der Waals surface area (Å²) in [5.41, 5.74) is 0. The predicted molar refractivity (Wildman–Crippen MR) is 43.5 cm³/mol. The van der Waals surface area contributed by atoms with Crippen LogP contribution in [0.25, 0.3) is 0 Å². The number of rotatable bonds is 3. The summed E-state index contributed by atoms with van der Waals surface area (Å²) in [7, 11) is 0. The maximum absolute atomic E-state index is 5.80. The summed E-state index contributed by atoms with van der Waals surface area (Å²) in [6, 6.07) is 0. The molecular weight excluding hydrogens is 148 g/mol. The van der Waals surface area contributed by atoms with Gasteiger partial charge >= 0.3 is 0 Å². The minimum absolute atomic E-state index is 0.309. The van der Waals surface area contributed by atoms with Crippen LogP contribution in [-0.2, 0) is 4.74 Å². The molecule has 0 bridgehead atoms. The topological polar surface area (TPSA) is 9.23 Å². The molecule has 10 heavy (non-hydrogen) atoms. The molecule has 1 aliphatic rings. The zero-order valence-corrected chi connectivity index (χ0v) is 7.23. The minimum Gasteiger partial charge on any atom is -0.378 e. The number of hydrogen-bond donors (Lipinski definition) is 0. The molecule has 0 spiro atoms. The molecule has 0 N–H and O–H groups in total. The second-order valence-electron chi connectivity index (χ2n) is 2.99. The van der Waals surface area contributed by atoms with Crippen LogP contribution in [0.3, 0.4) is 0 Å². The van der Waals surface area contributed by atoms with Crippen LogP contribution < -0.4 is 0 Å². The second kappa shape index (κ2) is 4.20. The third-order valence-electron chi connectivity index (χ3n) is 1.91. The van der Waals surface area contributed by atoms with E-state index in [0.29, 0.717) is 11.5 Å².